The Balaban J connectivity index is 1.26. The van der Waals surface area contributed by atoms with Gasteiger partial charge in [0, 0.05) is 44.8 Å². The van der Waals surface area contributed by atoms with Crippen molar-refractivity contribution < 1.29 is 4.79 Å². The number of amides is 1. The van der Waals surface area contributed by atoms with Gasteiger partial charge in [0.15, 0.2) is 11.3 Å². The topological polar surface area (TPSA) is 100 Å². The molecule has 1 saturated heterocycles. The Kier molecular flexibility index (Phi) is 4.24. The summed E-state index contributed by atoms with van der Waals surface area (Å²) in [5, 5.41) is 23.5. The Morgan fingerprint density at radius 1 is 1.38 bits per heavy atom. The first-order valence-electron chi connectivity index (χ1n) is 8.76. The van der Waals surface area contributed by atoms with E-state index in [-0.39, 0.29) is 11.9 Å². The van der Waals surface area contributed by atoms with Crippen LogP contribution < -0.4 is 10.2 Å². The first kappa shape index (κ1) is 16.4. The third-order valence-corrected chi connectivity index (χ3v) is 4.83. The van der Waals surface area contributed by atoms with Crippen LogP contribution in [0.5, 0.6) is 0 Å². The van der Waals surface area contributed by atoms with Crippen molar-refractivity contribution in [2.24, 2.45) is 10.2 Å². The zero-order chi connectivity index (χ0) is 18.0. The second-order valence-electron chi connectivity index (χ2n) is 6.71. The molecule has 0 bridgehead atoms. The van der Waals surface area contributed by atoms with Gasteiger partial charge in [-0.25, -0.2) is 0 Å². The fraction of sp³-hybridized carbons (Fsp3) is 0.529. The van der Waals surface area contributed by atoms with Crippen LogP contribution >= 0.6 is 0 Å². The van der Waals surface area contributed by atoms with Crippen LogP contribution in [0.3, 0.4) is 0 Å². The summed E-state index contributed by atoms with van der Waals surface area (Å²) < 4.78 is 1.65. The van der Waals surface area contributed by atoms with Gasteiger partial charge in [-0.15, -0.1) is 27.6 Å². The van der Waals surface area contributed by atoms with Crippen molar-refractivity contribution in [1.29, 1.82) is 0 Å². The smallest absolute Gasteiger partial charge is 0.220 e. The number of fused-ring (bicyclic) bond motifs is 1. The molecule has 2 aromatic rings. The van der Waals surface area contributed by atoms with Crippen molar-refractivity contribution in [1.82, 2.24) is 25.1 Å². The Morgan fingerprint density at radius 3 is 3.08 bits per heavy atom. The maximum absolute atomic E-state index is 12.2. The molecule has 4 heterocycles. The van der Waals surface area contributed by atoms with Gasteiger partial charge >= 0.3 is 0 Å². The molecule has 1 N–H and O–H groups in total. The number of rotatable bonds is 7. The van der Waals surface area contributed by atoms with Crippen LogP contribution in [0.4, 0.5) is 5.82 Å². The van der Waals surface area contributed by atoms with Crippen LogP contribution in [0.25, 0.3) is 5.65 Å². The zero-order valence-electron chi connectivity index (χ0n) is 14.4. The van der Waals surface area contributed by atoms with Crippen LogP contribution in [-0.2, 0) is 4.79 Å². The van der Waals surface area contributed by atoms with E-state index in [9.17, 15) is 4.79 Å². The maximum Gasteiger partial charge on any atom is 0.220 e. The Morgan fingerprint density at radius 2 is 2.27 bits per heavy atom. The molecular weight excluding hydrogens is 332 g/mol. The number of carbonyl (C=O) groups is 1. The third-order valence-electron chi connectivity index (χ3n) is 4.83. The first-order chi connectivity index (χ1) is 12.7. The Labute approximate surface area is 150 Å². The van der Waals surface area contributed by atoms with E-state index >= 15 is 0 Å². The SMILES string of the molecule is C#CCCC1(CCC(=O)NC2CCN(c3ccc4nncn4n3)C2)N=N1. The number of aromatic nitrogens is 4. The van der Waals surface area contributed by atoms with Crippen LogP contribution in [0.2, 0.25) is 0 Å². The highest BCUT2D eigenvalue weighted by atomic mass is 16.1. The molecule has 0 aliphatic carbocycles. The first-order valence-corrected chi connectivity index (χ1v) is 8.76. The number of terminal acetylenes is 1. The number of anilines is 1. The summed E-state index contributed by atoms with van der Waals surface area (Å²) in [5.41, 5.74) is 0.316. The van der Waals surface area contributed by atoms with Crippen molar-refractivity contribution >= 4 is 17.4 Å². The normalized spacial score (nSPS) is 20.3. The molecular formula is C17H20N8O. The van der Waals surface area contributed by atoms with Crippen molar-refractivity contribution in [2.75, 3.05) is 18.0 Å². The Bertz CT molecular complexity index is 876. The molecule has 0 saturated carbocycles. The fourth-order valence-corrected chi connectivity index (χ4v) is 3.25. The summed E-state index contributed by atoms with van der Waals surface area (Å²) in [6, 6.07) is 3.94. The van der Waals surface area contributed by atoms with Crippen molar-refractivity contribution in [2.45, 2.75) is 43.8 Å². The second kappa shape index (κ2) is 6.71. The van der Waals surface area contributed by atoms with Gasteiger partial charge in [0.2, 0.25) is 5.91 Å². The van der Waals surface area contributed by atoms with Gasteiger partial charge in [0.1, 0.15) is 12.1 Å². The van der Waals surface area contributed by atoms with E-state index < -0.39 is 5.66 Å². The van der Waals surface area contributed by atoms with E-state index in [0.717, 1.165) is 31.7 Å². The summed E-state index contributed by atoms with van der Waals surface area (Å²) in [4.78, 5) is 14.4. The molecule has 2 aromatic heterocycles. The molecule has 2 aliphatic heterocycles. The number of hydrogen-bond acceptors (Lipinski definition) is 7. The predicted molar refractivity (Wildman–Crippen MR) is 94.4 cm³/mol. The van der Waals surface area contributed by atoms with E-state index in [0.29, 0.717) is 24.9 Å². The van der Waals surface area contributed by atoms with E-state index in [1.807, 2.05) is 12.1 Å². The molecule has 1 atom stereocenters. The molecule has 1 unspecified atom stereocenters. The number of nitrogens with one attached hydrogen (secondary N) is 1. The number of hydrogen-bond donors (Lipinski definition) is 1. The van der Waals surface area contributed by atoms with Crippen molar-refractivity contribution in [3.05, 3.63) is 18.5 Å². The van der Waals surface area contributed by atoms with Gasteiger partial charge < -0.3 is 10.2 Å². The molecule has 0 spiro atoms. The lowest BCUT2D eigenvalue weighted by atomic mass is 10.0. The minimum Gasteiger partial charge on any atom is -0.353 e. The zero-order valence-corrected chi connectivity index (χ0v) is 14.4. The minimum atomic E-state index is -0.399. The van der Waals surface area contributed by atoms with Gasteiger partial charge in [-0.3, -0.25) is 4.79 Å². The summed E-state index contributed by atoms with van der Waals surface area (Å²) in [6.07, 6.45) is 10.2. The lowest BCUT2D eigenvalue weighted by molar-refractivity contribution is -0.121. The van der Waals surface area contributed by atoms with Gasteiger partial charge in [0.05, 0.1) is 0 Å². The average Bonchev–Trinajstić information content (AvgIpc) is 3.05. The monoisotopic (exact) mass is 352 g/mol. The number of nitrogens with zero attached hydrogens (tertiary/aromatic N) is 7. The van der Waals surface area contributed by atoms with Crippen LogP contribution in [0.15, 0.2) is 28.7 Å². The number of carbonyl (C=O) groups excluding carboxylic acids is 1. The second-order valence-corrected chi connectivity index (χ2v) is 6.71. The van der Waals surface area contributed by atoms with E-state index in [1.54, 1.807) is 10.8 Å². The van der Waals surface area contributed by atoms with E-state index in [2.05, 4.69) is 41.7 Å². The molecule has 26 heavy (non-hydrogen) atoms. The maximum atomic E-state index is 12.2. The lowest BCUT2D eigenvalue weighted by Crippen LogP contribution is -2.37. The molecule has 134 valence electrons. The summed E-state index contributed by atoms with van der Waals surface area (Å²) in [5.74, 6) is 3.50. The summed E-state index contributed by atoms with van der Waals surface area (Å²) in [6.45, 7) is 1.59. The van der Waals surface area contributed by atoms with Gasteiger partial charge in [-0.1, -0.05) is 0 Å². The molecule has 9 nitrogen and oxygen atoms in total. The van der Waals surface area contributed by atoms with Crippen LogP contribution in [0, 0.1) is 12.3 Å². The highest BCUT2D eigenvalue weighted by Gasteiger charge is 2.39. The predicted octanol–water partition coefficient (Wildman–Crippen LogP) is 1.17. The average molecular weight is 352 g/mol. The quantitative estimate of drug-likeness (QED) is 0.754. The molecule has 4 rings (SSSR count). The largest absolute Gasteiger partial charge is 0.353 e. The molecule has 1 amide bonds. The van der Waals surface area contributed by atoms with Crippen LogP contribution in [-0.4, -0.2) is 50.5 Å². The molecule has 1 fully saturated rings. The molecule has 0 aromatic carbocycles. The van der Waals surface area contributed by atoms with Crippen molar-refractivity contribution in [3.8, 4) is 12.3 Å². The summed E-state index contributed by atoms with van der Waals surface area (Å²) in [7, 11) is 0. The lowest BCUT2D eigenvalue weighted by Gasteiger charge is -2.18. The van der Waals surface area contributed by atoms with E-state index in [1.165, 1.54) is 0 Å². The minimum absolute atomic E-state index is 0.0384. The highest BCUT2D eigenvalue weighted by molar-refractivity contribution is 5.76. The Hall–Kier alpha value is -3.02. The molecule has 2 aliphatic rings. The van der Waals surface area contributed by atoms with Gasteiger partial charge in [-0.2, -0.15) is 14.7 Å². The standard InChI is InChI=1S/C17H20N8O/c1-2-3-8-17(22-23-17)9-6-16(26)19-13-7-10-24(11-13)15-5-4-14-20-18-12-25(14)21-15/h1,4-5,12-13H,3,6-11H2,(H,19,26). The van der Waals surface area contributed by atoms with Gasteiger partial charge in [-0.05, 0) is 18.6 Å². The third kappa shape index (κ3) is 3.49. The molecule has 0 radical (unpaired) electrons. The highest BCUT2D eigenvalue weighted by Crippen LogP contribution is 2.37. The van der Waals surface area contributed by atoms with E-state index in [4.69, 9.17) is 6.42 Å². The van der Waals surface area contributed by atoms with Gasteiger partial charge in [0.25, 0.3) is 0 Å². The van der Waals surface area contributed by atoms with Crippen molar-refractivity contribution in [3.63, 3.8) is 0 Å². The fourth-order valence-electron chi connectivity index (χ4n) is 3.25. The summed E-state index contributed by atoms with van der Waals surface area (Å²) >= 11 is 0. The van der Waals surface area contributed by atoms with Crippen LogP contribution in [0.1, 0.15) is 32.1 Å². The molecule has 9 heteroatoms.